The molecule has 1 aromatic carbocycles. The highest BCUT2D eigenvalue weighted by molar-refractivity contribution is 7.10. The molecule has 0 spiro atoms. The Kier molecular flexibility index (Phi) is 7.73. The van der Waals surface area contributed by atoms with Crippen molar-refractivity contribution in [2.24, 2.45) is 5.73 Å². The van der Waals surface area contributed by atoms with Crippen LogP contribution in [0.25, 0.3) is 0 Å². The van der Waals surface area contributed by atoms with E-state index in [2.05, 4.69) is 54.9 Å². The fourth-order valence-corrected chi connectivity index (χ4v) is 6.23. The van der Waals surface area contributed by atoms with Gasteiger partial charge in [0.15, 0.2) is 0 Å². The molecule has 202 valence electrons. The van der Waals surface area contributed by atoms with Crippen molar-refractivity contribution < 1.29 is 9.59 Å². The maximum atomic E-state index is 13.6. The van der Waals surface area contributed by atoms with E-state index in [1.165, 1.54) is 11.1 Å². The van der Waals surface area contributed by atoms with Crippen LogP contribution in [0.15, 0.2) is 48.1 Å². The number of aromatic nitrogens is 2. The van der Waals surface area contributed by atoms with Gasteiger partial charge in [-0.1, -0.05) is 51.1 Å². The Morgan fingerprint density at radius 2 is 1.84 bits per heavy atom. The highest BCUT2D eigenvalue weighted by Crippen LogP contribution is 2.27. The van der Waals surface area contributed by atoms with Crippen LogP contribution in [0.5, 0.6) is 0 Å². The van der Waals surface area contributed by atoms with Crippen molar-refractivity contribution in [3.63, 3.8) is 0 Å². The average Bonchev–Trinajstić information content (AvgIpc) is 3.54. The average molecular weight is 534 g/mol. The van der Waals surface area contributed by atoms with Gasteiger partial charge >= 0.3 is 0 Å². The lowest BCUT2D eigenvalue weighted by Gasteiger charge is -2.36. The van der Waals surface area contributed by atoms with Crippen LogP contribution in [-0.2, 0) is 40.9 Å². The monoisotopic (exact) mass is 533 g/mol. The molecule has 0 bridgehead atoms. The summed E-state index contributed by atoms with van der Waals surface area (Å²) in [6, 6.07) is 12.4. The summed E-state index contributed by atoms with van der Waals surface area (Å²) >= 11 is 1.57. The van der Waals surface area contributed by atoms with Gasteiger partial charge in [-0.3, -0.25) is 9.59 Å². The molecule has 1 aliphatic heterocycles. The topological polar surface area (TPSA) is 93.2 Å². The van der Waals surface area contributed by atoms with Crippen LogP contribution in [0, 0.1) is 0 Å². The van der Waals surface area contributed by atoms with Crippen LogP contribution in [0.2, 0.25) is 0 Å². The Labute approximate surface area is 229 Å². The third-order valence-corrected chi connectivity index (χ3v) is 8.81. The number of imidazole rings is 1. The number of carbonyl (C=O) groups excluding carboxylic acids is 2. The van der Waals surface area contributed by atoms with Crippen LogP contribution < -0.4 is 11.1 Å². The Hall–Kier alpha value is -2.97. The Morgan fingerprint density at radius 3 is 2.50 bits per heavy atom. The molecule has 0 radical (unpaired) electrons. The second-order valence-electron chi connectivity index (χ2n) is 11.8. The zero-order chi connectivity index (χ0) is 26.9. The summed E-state index contributed by atoms with van der Waals surface area (Å²) in [5.74, 6) is -0.103. The quantitative estimate of drug-likeness (QED) is 0.497. The van der Waals surface area contributed by atoms with E-state index in [9.17, 15) is 9.59 Å². The van der Waals surface area contributed by atoms with Gasteiger partial charge in [0.05, 0.1) is 30.7 Å². The van der Waals surface area contributed by atoms with E-state index in [1.807, 2.05) is 23.8 Å². The summed E-state index contributed by atoms with van der Waals surface area (Å²) in [6.45, 7) is 7.70. The number of thiophene rings is 1. The van der Waals surface area contributed by atoms with Crippen molar-refractivity contribution in [2.75, 3.05) is 0 Å². The number of hydrogen-bond acceptors (Lipinski definition) is 5. The summed E-state index contributed by atoms with van der Waals surface area (Å²) in [7, 11) is 0. The van der Waals surface area contributed by atoms with Crippen LogP contribution in [0.1, 0.15) is 73.8 Å². The Morgan fingerprint density at radius 1 is 1.11 bits per heavy atom. The zero-order valence-corrected chi connectivity index (χ0v) is 23.5. The third-order valence-electron chi connectivity index (χ3n) is 7.94. The number of nitrogens with two attached hydrogens (primary N) is 1. The first-order valence-corrected chi connectivity index (χ1v) is 14.6. The number of fused-ring (bicyclic) bond motifs is 1. The van der Waals surface area contributed by atoms with Gasteiger partial charge < -0.3 is 20.5 Å². The van der Waals surface area contributed by atoms with Gasteiger partial charge in [0.1, 0.15) is 6.04 Å². The van der Waals surface area contributed by atoms with Gasteiger partial charge in [0.25, 0.3) is 0 Å². The van der Waals surface area contributed by atoms with Gasteiger partial charge in [0, 0.05) is 29.9 Å². The molecule has 38 heavy (non-hydrogen) atoms. The molecule has 2 aliphatic rings. The molecule has 7 nitrogen and oxygen atoms in total. The molecule has 1 saturated carbocycles. The van der Waals surface area contributed by atoms with Crippen LogP contribution in [0.4, 0.5) is 0 Å². The predicted molar refractivity (Wildman–Crippen MR) is 151 cm³/mol. The lowest BCUT2D eigenvalue weighted by molar-refractivity contribution is -0.141. The maximum absolute atomic E-state index is 13.6. The first-order chi connectivity index (χ1) is 18.2. The van der Waals surface area contributed by atoms with E-state index < -0.39 is 6.04 Å². The van der Waals surface area contributed by atoms with Gasteiger partial charge in [0.2, 0.25) is 11.8 Å². The summed E-state index contributed by atoms with van der Waals surface area (Å²) < 4.78 is 2.13. The van der Waals surface area contributed by atoms with Gasteiger partial charge in [-0.25, -0.2) is 4.98 Å². The summed E-state index contributed by atoms with van der Waals surface area (Å²) in [5.41, 5.74) is 10.6. The van der Waals surface area contributed by atoms with E-state index in [0.29, 0.717) is 25.9 Å². The number of rotatable bonds is 6. The van der Waals surface area contributed by atoms with Gasteiger partial charge in [-0.15, -0.1) is 11.3 Å². The second kappa shape index (κ2) is 11.0. The van der Waals surface area contributed by atoms with E-state index in [0.717, 1.165) is 41.9 Å². The molecule has 2 amide bonds. The number of benzene rings is 1. The van der Waals surface area contributed by atoms with Crippen LogP contribution >= 0.6 is 11.3 Å². The SMILES string of the molecule is CC(C)(C)c1ccc(Cn2cnc3c2CN(C(=O)Cc2cccs2)C(C(=O)NC2CCC(N)CC2)C3)cc1. The second-order valence-corrected chi connectivity index (χ2v) is 12.9. The van der Waals surface area contributed by atoms with Gasteiger partial charge in [-0.2, -0.15) is 0 Å². The fourth-order valence-electron chi connectivity index (χ4n) is 5.53. The van der Waals surface area contributed by atoms with E-state index in [-0.39, 0.29) is 29.3 Å². The molecule has 3 aromatic rings. The molecule has 1 aliphatic carbocycles. The van der Waals surface area contributed by atoms with Crippen molar-refractivity contribution in [3.05, 3.63) is 75.5 Å². The summed E-state index contributed by atoms with van der Waals surface area (Å²) in [4.78, 5) is 34.5. The number of nitrogens with zero attached hydrogens (tertiary/aromatic N) is 3. The summed E-state index contributed by atoms with van der Waals surface area (Å²) in [5, 5.41) is 5.21. The smallest absolute Gasteiger partial charge is 0.243 e. The van der Waals surface area contributed by atoms with E-state index in [1.54, 1.807) is 16.2 Å². The van der Waals surface area contributed by atoms with Crippen molar-refractivity contribution in [2.45, 2.75) is 95.9 Å². The molecule has 8 heteroatoms. The predicted octanol–water partition coefficient (Wildman–Crippen LogP) is 4.17. The zero-order valence-electron chi connectivity index (χ0n) is 22.7. The molecule has 1 unspecified atom stereocenters. The number of carbonyl (C=O) groups is 2. The lowest BCUT2D eigenvalue weighted by atomic mass is 9.87. The molecular weight excluding hydrogens is 494 g/mol. The molecule has 1 fully saturated rings. The molecule has 3 heterocycles. The fraction of sp³-hybridized carbons (Fsp3) is 0.500. The minimum atomic E-state index is -0.556. The summed E-state index contributed by atoms with van der Waals surface area (Å²) in [6.07, 6.45) is 6.20. The van der Waals surface area contributed by atoms with E-state index in [4.69, 9.17) is 10.7 Å². The minimum Gasteiger partial charge on any atom is -0.352 e. The number of hydrogen-bond donors (Lipinski definition) is 2. The number of nitrogens with one attached hydrogen (secondary N) is 1. The largest absolute Gasteiger partial charge is 0.352 e. The van der Waals surface area contributed by atoms with Crippen molar-refractivity contribution in [1.29, 1.82) is 0 Å². The normalized spacial score (nSPS) is 21.7. The highest BCUT2D eigenvalue weighted by atomic mass is 32.1. The van der Waals surface area contributed by atoms with Crippen molar-refractivity contribution in [3.8, 4) is 0 Å². The number of amides is 2. The third kappa shape index (κ3) is 6.02. The first kappa shape index (κ1) is 26.6. The molecule has 3 N–H and O–H groups in total. The molecule has 2 aromatic heterocycles. The highest BCUT2D eigenvalue weighted by Gasteiger charge is 2.38. The first-order valence-electron chi connectivity index (χ1n) is 13.7. The molecular formula is C30H39N5O2S. The lowest BCUT2D eigenvalue weighted by Crippen LogP contribution is -2.55. The standard InChI is InChI=1S/C30H39N5O2S/c1-30(2,3)21-8-6-20(7-9-21)17-34-19-32-25-16-26(29(37)33-23-12-10-22(31)11-13-23)35(18-27(25)34)28(36)15-24-5-4-14-38-24/h4-9,14,19,22-23,26H,10-13,15-18,31H2,1-3H3,(H,33,37). The van der Waals surface area contributed by atoms with Crippen LogP contribution in [-0.4, -0.2) is 44.4 Å². The van der Waals surface area contributed by atoms with Crippen LogP contribution in [0.3, 0.4) is 0 Å². The Balaban J connectivity index is 1.36. The van der Waals surface area contributed by atoms with Crippen molar-refractivity contribution in [1.82, 2.24) is 19.8 Å². The minimum absolute atomic E-state index is 0.0220. The maximum Gasteiger partial charge on any atom is 0.243 e. The van der Waals surface area contributed by atoms with E-state index >= 15 is 0 Å². The molecule has 5 rings (SSSR count). The Bertz CT molecular complexity index is 1250. The molecule has 0 saturated heterocycles. The van der Waals surface area contributed by atoms with Gasteiger partial charge in [-0.05, 0) is 53.7 Å². The van der Waals surface area contributed by atoms with Crippen molar-refractivity contribution >= 4 is 23.2 Å². The molecule has 1 atom stereocenters.